The monoisotopic (exact) mass is 344 g/mol. The third kappa shape index (κ3) is 2.57. The van der Waals surface area contributed by atoms with Crippen molar-refractivity contribution in [3.8, 4) is 0 Å². The molecule has 1 atom stereocenters. The molecule has 3 rings (SSSR count). The molecule has 0 aliphatic carbocycles. The van der Waals surface area contributed by atoms with Gasteiger partial charge in [-0.1, -0.05) is 30.3 Å². The molecule has 0 radical (unpaired) electrons. The van der Waals surface area contributed by atoms with Crippen LogP contribution in [0.1, 0.15) is 17.2 Å². The Labute approximate surface area is 131 Å². The first-order chi connectivity index (χ1) is 10.2. The highest BCUT2D eigenvalue weighted by molar-refractivity contribution is 9.10. The van der Waals surface area contributed by atoms with E-state index < -0.39 is 0 Å². The van der Waals surface area contributed by atoms with Gasteiger partial charge in [-0.3, -0.25) is 4.98 Å². The smallest absolute Gasteiger partial charge is 0.142 e. The molecular weight excluding hydrogens is 331 g/mol. The van der Waals surface area contributed by atoms with Gasteiger partial charge in [0, 0.05) is 17.1 Å². The molecule has 0 bridgehead atoms. The van der Waals surface area contributed by atoms with Gasteiger partial charge in [0.05, 0.1) is 16.0 Å². The van der Waals surface area contributed by atoms with E-state index in [9.17, 15) is 4.39 Å². The van der Waals surface area contributed by atoms with E-state index >= 15 is 0 Å². The van der Waals surface area contributed by atoms with E-state index in [2.05, 4.69) is 26.2 Å². The van der Waals surface area contributed by atoms with Crippen molar-refractivity contribution in [1.29, 1.82) is 0 Å². The summed E-state index contributed by atoms with van der Waals surface area (Å²) in [4.78, 5) is 4.36. The number of rotatable bonds is 3. The minimum absolute atomic E-state index is 0.226. The average molecular weight is 345 g/mol. The maximum Gasteiger partial charge on any atom is 0.142 e. The number of halogens is 2. The summed E-state index contributed by atoms with van der Waals surface area (Å²) in [6, 6.07) is 14.9. The van der Waals surface area contributed by atoms with Gasteiger partial charge in [-0.15, -0.1) is 0 Å². The van der Waals surface area contributed by atoms with Crippen LogP contribution in [0.5, 0.6) is 0 Å². The molecule has 1 aromatic heterocycles. The van der Waals surface area contributed by atoms with Crippen molar-refractivity contribution in [2.24, 2.45) is 0 Å². The molecular formula is C17H14BrFN2. The minimum atomic E-state index is -0.238. The Bertz CT molecular complexity index is 783. The lowest BCUT2D eigenvalue weighted by atomic mass is 9.95. The molecule has 106 valence electrons. The van der Waals surface area contributed by atoms with Crippen LogP contribution in [0.25, 0.3) is 10.9 Å². The summed E-state index contributed by atoms with van der Waals surface area (Å²) < 4.78 is 14.9. The van der Waals surface area contributed by atoms with E-state index in [0.29, 0.717) is 10.0 Å². The zero-order valence-electron chi connectivity index (χ0n) is 11.5. The standard InChI is InChI=1S/C17H14BrFN2/c1-20-17(13-6-2-8-14(18)16(13)19)12-5-3-9-15-11(12)7-4-10-21-15/h2-10,17,20H,1H3. The highest BCUT2D eigenvalue weighted by atomic mass is 79.9. The molecule has 2 nitrogen and oxygen atoms in total. The molecule has 0 aliphatic heterocycles. The summed E-state index contributed by atoms with van der Waals surface area (Å²) in [6.07, 6.45) is 1.76. The maximum absolute atomic E-state index is 14.4. The first-order valence-electron chi connectivity index (χ1n) is 6.67. The van der Waals surface area contributed by atoms with Crippen molar-refractivity contribution in [3.63, 3.8) is 0 Å². The van der Waals surface area contributed by atoms with E-state index in [1.54, 1.807) is 18.3 Å². The summed E-state index contributed by atoms with van der Waals surface area (Å²) in [7, 11) is 1.83. The van der Waals surface area contributed by atoms with Crippen LogP contribution in [0.2, 0.25) is 0 Å². The molecule has 0 saturated carbocycles. The normalized spacial score (nSPS) is 12.5. The summed E-state index contributed by atoms with van der Waals surface area (Å²) in [5, 5.41) is 4.23. The van der Waals surface area contributed by atoms with Crippen LogP contribution in [-0.2, 0) is 0 Å². The molecule has 0 amide bonds. The molecule has 0 fully saturated rings. The summed E-state index contributed by atoms with van der Waals surface area (Å²) >= 11 is 3.25. The van der Waals surface area contributed by atoms with E-state index in [1.165, 1.54) is 0 Å². The van der Waals surface area contributed by atoms with Crippen LogP contribution in [0.3, 0.4) is 0 Å². The fourth-order valence-electron chi connectivity index (χ4n) is 2.60. The van der Waals surface area contributed by atoms with Gasteiger partial charge in [0.1, 0.15) is 5.82 Å². The number of aromatic nitrogens is 1. The molecule has 1 N–H and O–H groups in total. The Morgan fingerprint density at radius 3 is 2.62 bits per heavy atom. The Morgan fingerprint density at radius 2 is 1.81 bits per heavy atom. The second-order valence-corrected chi connectivity index (χ2v) is 5.64. The topological polar surface area (TPSA) is 24.9 Å². The lowest BCUT2D eigenvalue weighted by Crippen LogP contribution is -2.19. The van der Waals surface area contributed by atoms with Crippen molar-refractivity contribution in [3.05, 3.63) is 76.1 Å². The van der Waals surface area contributed by atoms with Crippen LogP contribution in [0.4, 0.5) is 4.39 Å². The lowest BCUT2D eigenvalue weighted by Gasteiger charge is -2.20. The Balaban J connectivity index is 2.21. The number of fused-ring (bicyclic) bond motifs is 1. The summed E-state index contributed by atoms with van der Waals surface area (Å²) in [6.45, 7) is 0. The molecule has 4 heteroatoms. The summed E-state index contributed by atoms with van der Waals surface area (Å²) in [5.41, 5.74) is 2.54. The summed E-state index contributed by atoms with van der Waals surface area (Å²) in [5.74, 6) is -0.238. The highest BCUT2D eigenvalue weighted by Crippen LogP contribution is 2.31. The van der Waals surface area contributed by atoms with Gasteiger partial charge >= 0.3 is 0 Å². The second-order valence-electron chi connectivity index (χ2n) is 4.78. The predicted molar refractivity (Wildman–Crippen MR) is 86.7 cm³/mol. The fraction of sp³-hybridized carbons (Fsp3) is 0.118. The van der Waals surface area contributed by atoms with E-state index in [0.717, 1.165) is 16.5 Å². The molecule has 2 aromatic carbocycles. The van der Waals surface area contributed by atoms with E-state index in [4.69, 9.17) is 0 Å². The van der Waals surface area contributed by atoms with Crippen LogP contribution in [0.15, 0.2) is 59.2 Å². The Morgan fingerprint density at radius 1 is 1.05 bits per heavy atom. The number of pyridine rings is 1. The fourth-order valence-corrected chi connectivity index (χ4v) is 2.98. The number of hydrogen-bond donors (Lipinski definition) is 1. The van der Waals surface area contributed by atoms with Crippen LogP contribution >= 0.6 is 15.9 Å². The average Bonchev–Trinajstić information content (AvgIpc) is 2.52. The number of nitrogens with zero attached hydrogens (tertiary/aromatic N) is 1. The molecule has 0 saturated heterocycles. The van der Waals surface area contributed by atoms with Crippen molar-refractivity contribution in [1.82, 2.24) is 10.3 Å². The van der Waals surface area contributed by atoms with Crippen LogP contribution in [-0.4, -0.2) is 12.0 Å². The van der Waals surface area contributed by atoms with Gasteiger partial charge in [-0.05, 0) is 46.7 Å². The van der Waals surface area contributed by atoms with Gasteiger partial charge in [-0.25, -0.2) is 4.39 Å². The van der Waals surface area contributed by atoms with Crippen LogP contribution < -0.4 is 5.32 Å². The van der Waals surface area contributed by atoms with Gasteiger partial charge in [0.15, 0.2) is 0 Å². The SMILES string of the molecule is CNC(c1cccc(Br)c1F)c1cccc2ncccc12. The van der Waals surface area contributed by atoms with Gasteiger partial charge in [-0.2, -0.15) is 0 Å². The minimum Gasteiger partial charge on any atom is -0.309 e. The van der Waals surface area contributed by atoms with Crippen molar-refractivity contribution in [2.45, 2.75) is 6.04 Å². The maximum atomic E-state index is 14.4. The predicted octanol–water partition coefficient (Wildman–Crippen LogP) is 4.45. The Kier molecular flexibility index (Phi) is 3.99. The third-order valence-corrected chi connectivity index (χ3v) is 4.18. The Hall–Kier alpha value is -1.78. The first-order valence-corrected chi connectivity index (χ1v) is 7.46. The zero-order chi connectivity index (χ0) is 14.8. The number of nitrogens with one attached hydrogen (secondary N) is 1. The number of hydrogen-bond acceptors (Lipinski definition) is 2. The van der Waals surface area contributed by atoms with E-state index in [1.807, 2.05) is 43.4 Å². The van der Waals surface area contributed by atoms with Crippen molar-refractivity contribution in [2.75, 3.05) is 7.05 Å². The van der Waals surface area contributed by atoms with Crippen LogP contribution in [0, 0.1) is 5.82 Å². The zero-order valence-corrected chi connectivity index (χ0v) is 13.1. The molecule has 1 heterocycles. The first kappa shape index (κ1) is 14.2. The van der Waals surface area contributed by atoms with Crippen molar-refractivity contribution < 1.29 is 4.39 Å². The quantitative estimate of drug-likeness (QED) is 0.759. The molecule has 1 unspecified atom stereocenters. The molecule has 21 heavy (non-hydrogen) atoms. The van der Waals surface area contributed by atoms with E-state index in [-0.39, 0.29) is 11.9 Å². The molecule has 0 aliphatic rings. The second kappa shape index (κ2) is 5.92. The number of benzene rings is 2. The largest absolute Gasteiger partial charge is 0.309 e. The lowest BCUT2D eigenvalue weighted by molar-refractivity contribution is 0.572. The molecule has 0 spiro atoms. The van der Waals surface area contributed by atoms with Gasteiger partial charge in [0.25, 0.3) is 0 Å². The van der Waals surface area contributed by atoms with Gasteiger partial charge in [0.2, 0.25) is 0 Å². The van der Waals surface area contributed by atoms with Crippen molar-refractivity contribution >= 4 is 26.8 Å². The van der Waals surface area contributed by atoms with Gasteiger partial charge < -0.3 is 5.32 Å². The highest BCUT2D eigenvalue weighted by Gasteiger charge is 2.19. The third-order valence-electron chi connectivity index (χ3n) is 3.57. The molecule has 3 aromatic rings.